The van der Waals surface area contributed by atoms with Crippen molar-refractivity contribution in [1.29, 1.82) is 0 Å². The number of halogens is 1. The summed E-state index contributed by atoms with van der Waals surface area (Å²) in [7, 11) is 2.11. The summed E-state index contributed by atoms with van der Waals surface area (Å²) < 4.78 is 0.909. The van der Waals surface area contributed by atoms with Crippen LogP contribution < -0.4 is 4.90 Å². The minimum Gasteiger partial charge on any atom is -0.360 e. The Bertz CT molecular complexity index is 377. The topological polar surface area (TPSA) is 29.0 Å². The van der Waals surface area contributed by atoms with E-state index in [2.05, 4.69) is 44.8 Å². The Hall–Kier alpha value is -0.640. The van der Waals surface area contributed by atoms with Crippen molar-refractivity contribution in [3.63, 3.8) is 0 Å². The lowest BCUT2D eigenvalue weighted by atomic mass is 10.2. The Morgan fingerprint density at radius 2 is 2.12 bits per heavy atom. The van der Waals surface area contributed by atoms with E-state index in [1.807, 2.05) is 6.07 Å². The molecule has 0 unspecified atom stereocenters. The number of hydrogen-bond acceptors (Lipinski definition) is 3. The van der Waals surface area contributed by atoms with Crippen molar-refractivity contribution in [3.8, 4) is 0 Å². The molecule has 4 heteroatoms. The molecule has 1 aromatic rings. The van der Waals surface area contributed by atoms with Crippen molar-refractivity contribution in [2.45, 2.75) is 44.9 Å². The van der Waals surface area contributed by atoms with Gasteiger partial charge in [-0.1, -0.05) is 19.8 Å². The molecule has 0 aliphatic heterocycles. The van der Waals surface area contributed by atoms with Gasteiger partial charge in [-0.05, 0) is 35.2 Å². The number of aromatic nitrogens is 2. The van der Waals surface area contributed by atoms with Gasteiger partial charge in [-0.25, -0.2) is 9.97 Å². The van der Waals surface area contributed by atoms with E-state index in [-0.39, 0.29) is 0 Å². The van der Waals surface area contributed by atoms with E-state index in [0.29, 0.717) is 5.92 Å². The van der Waals surface area contributed by atoms with E-state index >= 15 is 0 Å². The van der Waals surface area contributed by atoms with Gasteiger partial charge in [-0.15, -0.1) is 0 Å². The van der Waals surface area contributed by atoms with Crippen LogP contribution in [0.1, 0.15) is 50.8 Å². The first-order chi connectivity index (χ1) is 8.20. The van der Waals surface area contributed by atoms with Crippen LogP contribution in [0.3, 0.4) is 0 Å². The zero-order valence-corrected chi connectivity index (χ0v) is 12.2. The van der Waals surface area contributed by atoms with E-state index in [9.17, 15) is 0 Å². The lowest BCUT2D eigenvalue weighted by Gasteiger charge is -2.18. The van der Waals surface area contributed by atoms with Gasteiger partial charge in [0.1, 0.15) is 16.2 Å². The van der Waals surface area contributed by atoms with Gasteiger partial charge < -0.3 is 4.90 Å². The zero-order valence-electron chi connectivity index (χ0n) is 10.6. The van der Waals surface area contributed by atoms with E-state index in [1.54, 1.807) is 0 Å². The Morgan fingerprint density at radius 1 is 1.35 bits per heavy atom. The van der Waals surface area contributed by atoms with E-state index in [0.717, 1.165) is 22.8 Å². The highest BCUT2D eigenvalue weighted by atomic mass is 79.9. The number of nitrogens with zero attached hydrogens (tertiary/aromatic N) is 3. The largest absolute Gasteiger partial charge is 0.360 e. The Balaban J connectivity index is 2.03. The summed E-state index contributed by atoms with van der Waals surface area (Å²) in [5, 5.41) is 0. The number of anilines is 1. The lowest BCUT2D eigenvalue weighted by molar-refractivity contribution is 0.698. The van der Waals surface area contributed by atoms with Gasteiger partial charge in [-0.2, -0.15) is 0 Å². The fraction of sp³-hybridized carbons (Fsp3) is 0.692. The maximum Gasteiger partial charge on any atom is 0.135 e. The SMILES string of the molecule is CCCCCN(C)c1cc(Br)nc(C2CC2)n1. The van der Waals surface area contributed by atoms with Crippen molar-refractivity contribution in [1.82, 2.24) is 9.97 Å². The van der Waals surface area contributed by atoms with Crippen molar-refractivity contribution in [3.05, 3.63) is 16.5 Å². The van der Waals surface area contributed by atoms with Gasteiger partial charge in [0.2, 0.25) is 0 Å². The number of unbranched alkanes of at least 4 members (excludes halogenated alkanes) is 2. The van der Waals surface area contributed by atoms with Crippen LogP contribution in [0.25, 0.3) is 0 Å². The normalized spacial score (nSPS) is 15.0. The molecule has 0 amide bonds. The molecule has 0 saturated heterocycles. The van der Waals surface area contributed by atoms with Crippen LogP contribution in [0.4, 0.5) is 5.82 Å². The molecule has 0 radical (unpaired) electrons. The smallest absolute Gasteiger partial charge is 0.135 e. The molecule has 0 bridgehead atoms. The summed E-state index contributed by atoms with van der Waals surface area (Å²) in [6.45, 7) is 3.30. The monoisotopic (exact) mass is 297 g/mol. The molecule has 0 spiro atoms. The summed E-state index contributed by atoms with van der Waals surface area (Å²) in [6, 6.07) is 2.01. The summed E-state index contributed by atoms with van der Waals surface area (Å²) in [5.74, 6) is 2.66. The van der Waals surface area contributed by atoms with Crippen LogP contribution in [0.2, 0.25) is 0 Å². The summed E-state index contributed by atoms with van der Waals surface area (Å²) in [5.41, 5.74) is 0. The molecule has 1 aliphatic rings. The van der Waals surface area contributed by atoms with Gasteiger partial charge >= 0.3 is 0 Å². The predicted octanol–water partition coefficient (Wildman–Crippen LogP) is 3.74. The highest BCUT2D eigenvalue weighted by Gasteiger charge is 2.27. The molecule has 0 atom stereocenters. The van der Waals surface area contributed by atoms with Crippen LogP contribution >= 0.6 is 15.9 Å². The highest BCUT2D eigenvalue weighted by molar-refractivity contribution is 9.10. The molecule has 1 aromatic heterocycles. The minimum absolute atomic E-state index is 0.607. The predicted molar refractivity (Wildman–Crippen MR) is 74.5 cm³/mol. The van der Waals surface area contributed by atoms with Crippen molar-refractivity contribution in [2.24, 2.45) is 0 Å². The third kappa shape index (κ3) is 3.66. The average molecular weight is 298 g/mol. The molecule has 3 nitrogen and oxygen atoms in total. The standard InChI is InChI=1S/C13H20BrN3/c1-3-4-5-8-17(2)12-9-11(14)15-13(16-12)10-6-7-10/h9-10H,3-8H2,1-2H3. The zero-order chi connectivity index (χ0) is 12.3. The van der Waals surface area contributed by atoms with Gasteiger partial charge in [0, 0.05) is 25.6 Å². The molecular formula is C13H20BrN3. The van der Waals surface area contributed by atoms with Gasteiger partial charge in [0.15, 0.2) is 0 Å². The first-order valence-electron chi connectivity index (χ1n) is 6.46. The lowest BCUT2D eigenvalue weighted by Crippen LogP contribution is -2.20. The number of hydrogen-bond donors (Lipinski definition) is 0. The van der Waals surface area contributed by atoms with Crippen molar-refractivity contribution < 1.29 is 0 Å². The summed E-state index contributed by atoms with van der Waals surface area (Å²) in [6.07, 6.45) is 6.26. The molecule has 1 fully saturated rings. The first kappa shape index (κ1) is 12.8. The quantitative estimate of drug-likeness (QED) is 0.592. The Kier molecular flexibility index (Phi) is 4.37. The summed E-state index contributed by atoms with van der Waals surface area (Å²) >= 11 is 3.48. The molecule has 2 rings (SSSR count). The first-order valence-corrected chi connectivity index (χ1v) is 7.25. The maximum atomic E-state index is 4.66. The van der Waals surface area contributed by atoms with Crippen LogP contribution in [0, 0.1) is 0 Å². The Morgan fingerprint density at radius 3 is 2.76 bits per heavy atom. The molecular weight excluding hydrogens is 278 g/mol. The van der Waals surface area contributed by atoms with Crippen LogP contribution in [-0.2, 0) is 0 Å². The third-order valence-corrected chi connectivity index (χ3v) is 3.54. The molecule has 1 heterocycles. The molecule has 0 N–H and O–H groups in total. The Labute approximate surface area is 112 Å². The molecule has 17 heavy (non-hydrogen) atoms. The maximum absolute atomic E-state index is 4.66. The fourth-order valence-corrected chi connectivity index (χ4v) is 2.24. The van der Waals surface area contributed by atoms with Crippen LogP contribution in [0.5, 0.6) is 0 Å². The fourth-order valence-electron chi connectivity index (χ4n) is 1.86. The van der Waals surface area contributed by atoms with E-state index < -0.39 is 0 Å². The average Bonchev–Trinajstić information content (AvgIpc) is 3.12. The third-order valence-electron chi connectivity index (χ3n) is 3.13. The second-order valence-electron chi connectivity index (χ2n) is 4.81. The van der Waals surface area contributed by atoms with Gasteiger partial charge in [0.05, 0.1) is 0 Å². The number of rotatable bonds is 6. The van der Waals surface area contributed by atoms with E-state index in [4.69, 9.17) is 0 Å². The molecule has 0 aromatic carbocycles. The van der Waals surface area contributed by atoms with Crippen LogP contribution in [0.15, 0.2) is 10.7 Å². The molecule has 1 saturated carbocycles. The van der Waals surface area contributed by atoms with Crippen molar-refractivity contribution in [2.75, 3.05) is 18.5 Å². The van der Waals surface area contributed by atoms with Crippen molar-refractivity contribution >= 4 is 21.7 Å². The van der Waals surface area contributed by atoms with E-state index in [1.165, 1.54) is 32.1 Å². The summed E-state index contributed by atoms with van der Waals surface area (Å²) in [4.78, 5) is 11.3. The second kappa shape index (κ2) is 5.80. The van der Waals surface area contributed by atoms with Crippen LogP contribution in [-0.4, -0.2) is 23.6 Å². The minimum atomic E-state index is 0.607. The van der Waals surface area contributed by atoms with Gasteiger partial charge in [0.25, 0.3) is 0 Å². The second-order valence-corrected chi connectivity index (χ2v) is 5.62. The molecule has 94 valence electrons. The molecule has 1 aliphatic carbocycles. The highest BCUT2D eigenvalue weighted by Crippen LogP contribution is 2.39. The van der Waals surface area contributed by atoms with Gasteiger partial charge in [-0.3, -0.25) is 0 Å².